The van der Waals surface area contributed by atoms with Crippen LogP contribution in [-0.4, -0.2) is 104 Å². The number of imidazole rings is 2. The number of hydrogen-bond donors (Lipinski definition) is 4. The number of aliphatic hydroxyl groups is 2. The Labute approximate surface area is 266 Å². The molecule has 3 unspecified atom stereocenters. The van der Waals surface area contributed by atoms with Crippen LogP contribution in [0.25, 0.3) is 22.3 Å². The lowest BCUT2D eigenvalue weighted by Crippen LogP contribution is -2.37. The van der Waals surface area contributed by atoms with E-state index in [0.717, 1.165) is 0 Å². The van der Waals surface area contributed by atoms with Crippen molar-refractivity contribution in [2.45, 2.75) is 70.4 Å². The van der Waals surface area contributed by atoms with E-state index in [0.29, 0.717) is 33.7 Å². The minimum absolute atomic E-state index is 0. The first-order valence-corrected chi connectivity index (χ1v) is 18.5. The predicted molar refractivity (Wildman–Crippen MR) is 161 cm³/mol. The van der Waals surface area contributed by atoms with E-state index in [-0.39, 0.29) is 7.43 Å². The highest BCUT2D eigenvalue weighted by Gasteiger charge is 2.53. The molecule has 0 saturated carbocycles. The van der Waals surface area contributed by atoms with Gasteiger partial charge in [-0.2, -0.15) is 0 Å². The summed E-state index contributed by atoms with van der Waals surface area (Å²) in [6.45, 7) is -5.84. The van der Waals surface area contributed by atoms with Crippen molar-refractivity contribution in [1.29, 1.82) is 0 Å². The molecule has 4 bridgehead atoms. The van der Waals surface area contributed by atoms with Gasteiger partial charge in [-0.3, -0.25) is 22.7 Å². The predicted octanol–water partition coefficient (Wildman–Crippen LogP) is 1.51. The molecule has 3 aliphatic heterocycles. The highest BCUT2D eigenvalue weighted by Crippen LogP contribution is 2.58. The Morgan fingerprint density at radius 2 is 1.29 bits per heavy atom. The van der Waals surface area contributed by atoms with E-state index in [9.17, 15) is 19.7 Å². The Balaban J connectivity index is 0.00000357. The van der Waals surface area contributed by atoms with Crippen LogP contribution in [0.15, 0.2) is 25.3 Å². The number of thiol groups is 1. The molecule has 7 heterocycles. The number of ether oxygens (including phenoxy) is 2. The van der Waals surface area contributed by atoms with Gasteiger partial charge in [-0.05, 0) is 25.7 Å². The van der Waals surface area contributed by atoms with Crippen LogP contribution in [0.5, 0.6) is 0 Å². The van der Waals surface area contributed by atoms with E-state index in [4.69, 9.17) is 39.4 Å². The number of nitrogens with zero attached hydrogens (tertiary/aromatic N) is 8. The zero-order chi connectivity index (χ0) is 31.0. The lowest BCUT2D eigenvalue weighted by atomic mass is 10.1. The molecule has 3 fully saturated rings. The van der Waals surface area contributed by atoms with Crippen molar-refractivity contribution in [1.82, 2.24) is 39.0 Å². The van der Waals surface area contributed by atoms with E-state index < -0.39 is 75.8 Å². The van der Waals surface area contributed by atoms with Gasteiger partial charge >= 0.3 is 13.5 Å². The number of aryl methyl sites for hydroxylation is 2. The van der Waals surface area contributed by atoms with Gasteiger partial charge in [0.2, 0.25) is 0 Å². The van der Waals surface area contributed by atoms with Gasteiger partial charge in [0.15, 0.2) is 23.8 Å². The molecule has 0 aromatic carbocycles. The quantitative estimate of drug-likeness (QED) is 0.172. The van der Waals surface area contributed by atoms with Gasteiger partial charge in [0, 0.05) is 0 Å². The molecule has 22 heteroatoms. The molecule has 18 nitrogen and oxygen atoms in total. The lowest BCUT2D eigenvalue weighted by molar-refractivity contribution is -0.0600. The van der Waals surface area contributed by atoms with Crippen LogP contribution in [0.1, 0.15) is 31.3 Å². The molecule has 244 valence electrons. The van der Waals surface area contributed by atoms with E-state index in [1.54, 1.807) is 13.8 Å². The minimum Gasteiger partial charge on any atom is -0.387 e. The molecule has 0 aliphatic carbocycles. The van der Waals surface area contributed by atoms with Gasteiger partial charge in [-0.15, -0.1) is 0 Å². The van der Waals surface area contributed by atoms with Gasteiger partial charge < -0.3 is 29.1 Å². The molecule has 4 aromatic heterocycles. The zero-order valence-electron chi connectivity index (χ0n) is 22.9. The number of aliphatic hydroxyl groups excluding tert-OH is 2. The van der Waals surface area contributed by atoms with Crippen LogP contribution in [0.2, 0.25) is 0 Å². The Kier molecular flexibility index (Phi) is 8.92. The Morgan fingerprint density at radius 1 is 0.822 bits per heavy atom. The van der Waals surface area contributed by atoms with Crippen LogP contribution in [-0.2, 0) is 43.9 Å². The summed E-state index contributed by atoms with van der Waals surface area (Å²) in [5.41, 5.74) is 2.88. The first kappa shape index (κ1) is 32.9. The Morgan fingerprint density at radius 3 is 1.80 bits per heavy atom. The molecular formula is C23H30N8O10P2S2. The normalized spacial score (nSPS) is 37.5. The third-order valence-corrected chi connectivity index (χ3v) is 10.7. The van der Waals surface area contributed by atoms with Crippen molar-refractivity contribution in [3.63, 3.8) is 0 Å². The van der Waals surface area contributed by atoms with Crippen molar-refractivity contribution in [2.75, 3.05) is 13.2 Å². The van der Waals surface area contributed by atoms with Gasteiger partial charge in [0.05, 0.1) is 37.3 Å². The first-order valence-electron chi connectivity index (χ1n) is 13.2. The molecule has 45 heavy (non-hydrogen) atoms. The van der Waals surface area contributed by atoms with Crippen molar-refractivity contribution in [2.24, 2.45) is 0 Å². The first-order chi connectivity index (χ1) is 20.9. The average molecular weight is 705 g/mol. The molecule has 3 saturated heterocycles. The maximum Gasteiger partial charge on any atom is 0.386 e. The number of fused-ring (bicyclic) bond motifs is 6. The van der Waals surface area contributed by atoms with Gasteiger partial charge in [0.1, 0.15) is 60.3 Å². The summed E-state index contributed by atoms with van der Waals surface area (Å²) in [5.74, 6) is 0. The fraction of sp³-hybridized carbons (Fsp3) is 0.565. The maximum absolute atomic E-state index is 13.5. The zero-order valence-corrected chi connectivity index (χ0v) is 26.4. The van der Waals surface area contributed by atoms with Crippen LogP contribution in [0, 0.1) is 13.8 Å². The van der Waals surface area contributed by atoms with Crippen molar-refractivity contribution in [3.05, 3.63) is 36.7 Å². The molecular weight excluding hydrogens is 674 g/mol. The number of aromatic nitrogens is 8. The summed E-state index contributed by atoms with van der Waals surface area (Å²) in [6, 6.07) is 0. The van der Waals surface area contributed by atoms with Gasteiger partial charge in [0.25, 0.3) is 0 Å². The Hall–Kier alpha value is -2.03. The largest absolute Gasteiger partial charge is 0.387 e. The second kappa shape index (κ2) is 12.2. The van der Waals surface area contributed by atoms with Crippen molar-refractivity contribution < 1.29 is 47.2 Å². The molecule has 3 N–H and O–H groups in total. The Bertz CT molecular complexity index is 1700. The van der Waals surface area contributed by atoms with Gasteiger partial charge in [-0.1, -0.05) is 19.7 Å². The number of rotatable bonds is 2. The summed E-state index contributed by atoms with van der Waals surface area (Å²) in [4.78, 5) is 36.5. The number of hydrogen-bond acceptors (Lipinski definition) is 16. The molecule has 0 spiro atoms. The van der Waals surface area contributed by atoms with E-state index in [1.165, 1.54) is 34.4 Å². The minimum atomic E-state index is -4.25. The molecule has 0 amide bonds. The molecule has 4 aromatic rings. The van der Waals surface area contributed by atoms with Crippen molar-refractivity contribution >= 4 is 59.9 Å². The van der Waals surface area contributed by atoms with Gasteiger partial charge in [-0.25, -0.2) is 34.5 Å². The summed E-state index contributed by atoms with van der Waals surface area (Å²) < 4.78 is 51.4. The van der Waals surface area contributed by atoms with Crippen LogP contribution in [0.3, 0.4) is 0 Å². The highest BCUT2D eigenvalue weighted by atomic mass is 32.7. The highest BCUT2D eigenvalue weighted by molar-refractivity contribution is 8.44. The van der Waals surface area contributed by atoms with Crippen molar-refractivity contribution in [3.8, 4) is 0 Å². The van der Waals surface area contributed by atoms with Crippen LogP contribution >= 0.6 is 25.8 Å². The fourth-order valence-corrected chi connectivity index (χ4v) is 8.27. The van der Waals surface area contributed by atoms with E-state index in [2.05, 4.69) is 42.2 Å². The summed E-state index contributed by atoms with van der Waals surface area (Å²) >= 11 is 9.42. The third-order valence-electron chi connectivity index (χ3n) is 7.57. The van der Waals surface area contributed by atoms with E-state index in [1.807, 2.05) is 0 Å². The lowest BCUT2D eigenvalue weighted by Gasteiger charge is -2.27. The second-order valence-corrected chi connectivity index (χ2v) is 16.0. The standard InChI is InChI=1S/C22H26N8O10P2S2.CH4/c1-9-13-19(25-5-23-9)29(7-27-13)21-17-15(31)11(37-21)3-35-42(34,44)40-18-16(32)12(4-36-41(33,43)39-17)38-22(18)30-8-28-14-10(2)24-6-26-20(14)30;/h5-8,11-12,15-18,21-22,31-32H,3-4H2,1-2H3,(H,33,43)(H,34,44);1H4/t11-,12-,15-,16-,17-,18-,21-,22?,41?,42?;/m1./s1. The topological polar surface area (TPSA) is 220 Å². The van der Waals surface area contributed by atoms with Crippen LogP contribution in [0.4, 0.5) is 0 Å². The molecule has 7 rings (SSSR count). The second-order valence-electron chi connectivity index (χ2n) is 10.3. The average Bonchev–Trinajstić information content (AvgIpc) is 3.73. The fourth-order valence-electron chi connectivity index (χ4n) is 5.40. The third kappa shape index (κ3) is 5.97. The summed E-state index contributed by atoms with van der Waals surface area (Å²) in [6.07, 6.45) is -4.64. The van der Waals surface area contributed by atoms with Crippen LogP contribution < -0.4 is 0 Å². The molecule has 10 atom stereocenters. The van der Waals surface area contributed by atoms with E-state index >= 15 is 0 Å². The smallest absolute Gasteiger partial charge is 0.386 e. The summed E-state index contributed by atoms with van der Waals surface area (Å²) in [5, 5.41) is 22.5. The monoisotopic (exact) mass is 704 g/mol. The SMILES string of the molecule is C.Cc1ncnc2c1ncn2C1O[C@@H]2COP(O)(=S)O[C@@H]3[C@H](O)[C@@H](COP(=O)(S)O[C@@H]1[C@@H]2O)O[C@H]3n1cnc2c(C)ncnc21. The molecule has 3 aliphatic rings. The maximum atomic E-state index is 13.5. The molecule has 0 radical (unpaired) electrons. The summed E-state index contributed by atoms with van der Waals surface area (Å²) in [7, 11) is 0.